The van der Waals surface area contributed by atoms with Crippen LogP contribution in [0, 0.1) is 5.92 Å². The maximum absolute atomic E-state index is 13.8. The first-order valence-electron chi connectivity index (χ1n) is 17.6. The Balaban J connectivity index is 1.18. The second-order valence-corrected chi connectivity index (χ2v) is 14.1. The molecule has 1 aliphatic heterocycles. The maximum atomic E-state index is 13.8. The predicted molar refractivity (Wildman–Crippen MR) is 209 cm³/mol. The number of nitrogens with zero attached hydrogens (tertiary/aromatic N) is 2. The number of rotatable bonds is 13. The molecule has 0 bridgehead atoms. The number of methoxy groups -OCH3 is 2. The fourth-order valence-electron chi connectivity index (χ4n) is 7.02. The highest BCUT2D eigenvalue weighted by Gasteiger charge is 2.34. The molecule has 0 saturated heterocycles. The maximum Gasteiger partial charge on any atom is 0.261 e. The summed E-state index contributed by atoms with van der Waals surface area (Å²) in [5.74, 6) is 1.54. The van der Waals surface area contributed by atoms with E-state index >= 15 is 0 Å². The van der Waals surface area contributed by atoms with Gasteiger partial charge in [0.2, 0.25) is 0 Å². The highest BCUT2D eigenvalue weighted by Crippen LogP contribution is 2.42. The van der Waals surface area contributed by atoms with Crippen LogP contribution in [0.5, 0.6) is 11.5 Å². The molecular weight excluding hydrogens is 653 g/mol. The Morgan fingerprint density at radius 3 is 1.76 bits per heavy atom. The first-order valence-corrected chi connectivity index (χ1v) is 18.5. The van der Waals surface area contributed by atoms with Gasteiger partial charge in [0.15, 0.2) is 0 Å². The summed E-state index contributed by atoms with van der Waals surface area (Å²) in [6.07, 6.45) is 4.17. The number of imide groups is 1. The third-order valence-corrected chi connectivity index (χ3v) is 11.1. The van der Waals surface area contributed by atoms with Gasteiger partial charge in [-0.3, -0.25) is 14.5 Å². The number of carbonyl (C=O) groups excluding carboxylic acids is 2. The highest BCUT2D eigenvalue weighted by molar-refractivity contribution is 7.18. The molecule has 0 spiro atoms. The van der Waals surface area contributed by atoms with Crippen LogP contribution >= 0.6 is 11.3 Å². The third-order valence-electron chi connectivity index (χ3n) is 9.92. The average Bonchev–Trinajstić information content (AvgIpc) is 3.67. The Hall–Kier alpha value is -5.40. The average molecular weight is 695 g/mol. The van der Waals surface area contributed by atoms with Gasteiger partial charge >= 0.3 is 0 Å². The molecule has 6 aromatic rings. The molecule has 1 atom stereocenters. The lowest BCUT2D eigenvalue weighted by Gasteiger charge is -2.30. The summed E-state index contributed by atoms with van der Waals surface area (Å²) < 4.78 is 10.8. The van der Waals surface area contributed by atoms with Crippen molar-refractivity contribution in [3.63, 3.8) is 0 Å². The van der Waals surface area contributed by atoms with Crippen LogP contribution in [0.3, 0.4) is 0 Å². The van der Waals surface area contributed by atoms with Crippen molar-refractivity contribution in [2.45, 2.75) is 39.5 Å². The Morgan fingerprint density at radius 1 is 0.647 bits per heavy atom. The van der Waals surface area contributed by atoms with Crippen LogP contribution in [-0.4, -0.2) is 37.5 Å². The molecule has 2 heterocycles. The van der Waals surface area contributed by atoms with Crippen LogP contribution in [0.2, 0.25) is 0 Å². The molecule has 5 aromatic carbocycles. The van der Waals surface area contributed by atoms with Crippen molar-refractivity contribution in [2.75, 3.05) is 25.7 Å². The van der Waals surface area contributed by atoms with Crippen molar-refractivity contribution in [3.8, 4) is 32.4 Å². The van der Waals surface area contributed by atoms with Crippen molar-refractivity contribution in [2.24, 2.45) is 5.92 Å². The lowest BCUT2D eigenvalue weighted by molar-refractivity contribution is 0.0580. The van der Waals surface area contributed by atoms with Crippen molar-refractivity contribution in [1.29, 1.82) is 0 Å². The monoisotopic (exact) mass is 694 g/mol. The van der Waals surface area contributed by atoms with Gasteiger partial charge in [-0.05, 0) is 114 Å². The molecule has 0 N–H and O–H groups in total. The molecule has 0 radical (unpaired) electrons. The summed E-state index contributed by atoms with van der Waals surface area (Å²) in [5, 5.41) is 1.70. The normalized spacial score (nSPS) is 13.1. The molecule has 51 heavy (non-hydrogen) atoms. The number of ether oxygens (including phenoxy) is 2. The predicted octanol–water partition coefficient (Wildman–Crippen LogP) is 11.5. The van der Waals surface area contributed by atoms with Crippen LogP contribution in [-0.2, 0) is 0 Å². The number of unbranched alkanes of at least 4 members (excludes halogenated alkanes) is 1. The van der Waals surface area contributed by atoms with E-state index in [2.05, 4.69) is 79.4 Å². The first kappa shape index (κ1) is 34.1. The van der Waals surface area contributed by atoms with Crippen molar-refractivity contribution in [3.05, 3.63) is 126 Å². The Kier molecular flexibility index (Phi) is 9.91. The molecule has 1 unspecified atom stereocenters. The lowest BCUT2D eigenvalue weighted by atomic mass is 9.89. The summed E-state index contributed by atoms with van der Waals surface area (Å²) in [6, 6.07) is 38.7. The molecule has 7 heteroatoms. The Labute approximate surface area is 303 Å². The summed E-state index contributed by atoms with van der Waals surface area (Å²) in [5.41, 5.74) is 6.40. The number of thiophene rings is 1. The van der Waals surface area contributed by atoms with Gasteiger partial charge in [-0.1, -0.05) is 63.4 Å². The van der Waals surface area contributed by atoms with Gasteiger partial charge in [0.25, 0.3) is 11.8 Å². The fourth-order valence-corrected chi connectivity index (χ4v) is 8.08. The van der Waals surface area contributed by atoms with Crippen molar-refractivity contribution >= 4 is 51.0 Å². The van der Waals surface area contributed by atoms with Gasteiger partial charge in [0.05, 0.1) is 14.2 Å². The van der Waals surface area contributed by atoms with E-state index in [1.807, 2.05) is 54.6 Å². The molecule has 0 saturated carbocycles. The molecule has 7 rings (SSSR count). The molecule has 258 valence electrons. The summed E-state index contributed by atoms with van der Waals surface area (Å²) >= 11 is 1.71. The number of amides is 2. The molecule has 6 nitrogen and oxygen atoms in total. The van der Waals surface area contributed by atoms with E-state index in [1.54, 1.807) is 25.6 Å². The minimum absolute atomic E-state index is 0.185. The topological polar surface area (TPSA) is 59.1 Å². The van der Waals surface area contributed by atoms with Crippen LogP contribution in [0.25, 0.3) is 31.7 Å². The van der Waals surface area contributed by atoms with Crippen LogP contribution in [0.15, 0.2) is 115 Å². The Morgan fingerprint density at radius 2 is 1.20 bits per heavy atom. The summed E-state index contributed by atoms with van der Waals surface area (Å²) in [4.78, 5) is 33.5. The summed E-state index contributed by atoms with van der Waals surface area (Å²) in [6.45, 7) is 4.79. The number of anilines is 3. The lowest BCUT2D eigenvalue weighted by Crippen LogP contribution is -2.43. The quantitative estimate of drug-likeness (QED) is 0.113. The number of carbonyl (C=O) groups is 2. The number of hydrogen-bond donors (Lipinski definition) is 0. The van der Waals surface area contributed by atoms with E-state index in [4.69, 9.17) is 9.47 Å². The second-order valence-electron chi connectivity index (χ2n) is 13.0. The third kappa shape index (κ3) is 6.62. The zero-order valence-electron chi connectivity index (χ0n) is 29.5. The van der Waals surface area contributed by atoms with E-state index in [0.717, 1.165) is 85.9 Å². The molecule has 0 fully saturated rings. The van der Waals surface area contributed by atoms with Gasteiger partial charge in [0.1, 0.15) is 11.5 Å². The Bertz CT molecular complexity index is 2100. The van der Waals surface area contributed by atoms with E-state index in [1.165, 1.54) is 4.90 Å². The van der Waals surface area contributed by atoms with Gasteiger partial charge < -0.3 is 14.4 Å². The smallest absolute Gasteiger partial charge is 0.261 e. The molecule has 1 aromatic heterocycles. The van der Waals surface area contributed by atoms with E-state index in [9.17, 15) is 9.59 Å². The summed E-state index contributed by atoms with van der Waals surface area (Å²) in [7, 11) is 3.34. The zero-order chi connectivity index (χ0) is 35.5. The first-order chi connectivity index (χ1) is 24.9. The molecule has 0 aliphatic carbocycles. The SMILES string of the molecule is CCCCC(CC)CN1C(=O)c2cccc3c(-c4ccc(-c5ccc(N(c6ccc(OC)cc6)c6ccc(OC)cc6)cc5)s4)ccc(c23)C1=O. The minimum Gasteiger partial charge on any atom is -0.497 e. The minimum atomic E-state index is -0.185. The van der Waals surface area contributed by atoms with Crippen molar-refractivity contribution < 1.29 is 19.1 Å². The molecule has 2 amide bonds. The van der Waals surface area contributed by atoms with E-state index in [-0.39, 0.29) is 11.8 Å². The van der Waals surface area contributed by atoms with Crippen LogP contribution < -0.4 is 14.4 Å². The molecule has 1 aliphatic rings. The van der Waals surface area contributed by atoms with Crippen molar-refractivity contribution in [1.82, 2.24) is 4.90 Å². The van der Waals surface area contributed by atoms with E-state index in [0.29, 0.717) is 23.6 Å². The largest absolute Gasteiger partial charge is 0.497 e. The zero-order valence-corrected chi connectivity index (χ0v) is 30.3. The van der Waals surface area contributed by atoms with Gasteiger partial charge in [-0.25, -0.2) is 0 Å². The number of hydrogen-bond acceptors (Lipinski definition) is 6. The van der Waals surface area contributed by atoms with Crippen LogP contribution in [0.4, 0.5) is 17.1 Å². The van der Waals surface area contributed by atoms with Gasteiger partial charge in [0, 0.05) is 49.9 Å². The molecular formula is C44H42N2O4S. The standard InChI is InChI=1S/C44H42N2O4S/c1-5-7-9-29(6-2)28-45-43(47)38-11-8-10-37-36(24-25-39(42(37)38)44(45)48)41-27-26-40(51-41)30-12-14-31(15-13-30)46(32-16-20-34(49-3)21-17-32)33-18-22-35(50-4)23-19-33/h8,10-27,29H,5-7,9,28H2,1-4H3. The van der Waals surface area contributed by atoms with Crippen LogP contribution in [0.1, 0.15) is 60.2 Å². The van der Waals surface area contributed by atoms with Gasteiger partial charge in [-0.2, -0.15) is 0 Å². The number of benzene rings is 5. The van der Waals surface area contributed by atoms with E-state index < -0.39 is 0 Å². The highest BCUT2D eigenvalue weighted by atomic mass is 32.1. The second kappa shape index (κ2) is 14.8. The van der Waals surface area contributed by atoms with Gasteiger partial charge in [-0.15, -0.1) is 11.3 Å². The fraction of sp³-hybridized carbons (Fsp3) is 0.227.